The number of carbonyl (C=O) groups is 1. The molecule has 1 N–H and O–H groups in total. The first kappa shape index (κ1) is 26.1. The Kier molecular flexibility index (Phi) is 6.79. The second kappa shape index (κ2) is 10.1. The van der Waals surface area contributed by atoms with Crippen LogP contribution in [0.25, 0.3) is 10.9 Å². The van der Waals surface area contributed by atoms with E-state index in [0.717, 1.165) is 38.5 Å². The van der Waals surface area contributed by atoms with Crippen LogP contribution in [0.15, 0.2) is 30.7 Å². The van der Waals surface area contributed by atoms with Crippen molar-refractivity contribution in [1.29, 1.82) is 0 Å². The molecule has 1 aromatic carbocycles. The Hall–Kier alpha value is -3.11. The van der Waals surface area contributed by atoms with Crippen molar-refractivity contribution in [3.8, 4) is 0 Å². The number of carboxylic acid groups (broad SMARTS) is 1. The second-order valence-corrected chi connectivity index (χ2v) is 11.5. The van der Waals surface area contributed by atoms with Gasteiger partial charge in [-0.2, -0.15) is 0 Å². The fraction of sp³-hybridized carbons (Fsp3) is 0.536. The summed E-state index contributed by atoms with van der Waals surface area (Å²) in [4.78, 5) is 40.6. The predicted molar refractivity (Wildman–Crippen MR) is 143 cm³/mol. The molecule has 3 aromatic rings. The highest BCUT2D eigenvalue weighted by Gasteiger charge is 2.37. The van der Waals surface area contributed by atoms with Gasteiger partial charge >= 0.3 is 11.8 Å². The van der Waals surface area contributed by atoms with Gasteiger partial charge in [-0.1, -0.05) is 30.9 Å². The summed E-state index contributed by atoms with van der Waals surface area (Å²) in [6, 6.07) is 1.45. The van der Waals surface area contributed by atoms with E-state index in [9.17, 15) is 19.5 Å². The van der Waals surface area contributed by atoms with Crippen LogP contribution >= 0.6 is 11.6 Å². The monoisotopic (exact) mass is 559 g/mol. The molecule has 9 nitrogen and oxygen atoms in total. The number of anilines is 1. The van der Waals surface area contributed by atoms with Crippen LogP contribution in [0.3, 0.4) is 0 Å². The summed E-state index contributed by atoms with van der Waals surface area (Å²) >= 11 is 6.66. The van der Waals surface area contributed by atoms with Gasteiger partial charge in [-0.05, 0) is 44.6 Å². The maximum atomic E-state index is 16.4. The minimum atomic E-state index is -1.34. The zero-order chi connectivity index (χ0) is 27.4. The number of nitrogens with zero attached hydrogens (tertiary/aromatic N) is 3. The van der Waals surface area contributed by atoms with Gasteiger partial charge in [0.25, 0.3) is 0 Å². The quantitative estimate of drug-likeness (QED) is 0.452. The Morgan fingerprint density at radius 3 is 2.51 bits per heavy atom. The van der Waals surface area contributed by atoms with Gasteiger partial charge in [-0.3, -0.25) is 9.69 Å². The smallest absolute Gasteiger partial charge is 0.477 e. The van der Waals surface area contributed by atoms with E-state index in [1.165, 1.54) is 18.7 Å². The molecule has 0 radical (unpaired) electrons. The molecular formula is C28H31ClFN3O6. The third-order valence-corrected chi connectivity index (χ3v) is 8.87. The zero-order valence-corrected chi connectivity index (χ0v) is 22.5. The summed E-state index contributed by atoms with van der Waals surface area (Å²) in [5.74, 6) is -1.28. The first-order valence-electron chi connectivity index (χ1n) is 13.6. The lowest BCUT2D eigenvalue weighted by Gasteiger charge is -2.46. The summed E-state index contributed by atoms with van der Waals surface area (Å²) in [5.41, 5.74) is -0.764. The van der Waals surface area contributed by atoms with Crippen LogP contribution in [0.4, 0.5) is 10.1 Å². The number of hydrogen-bond donors (Lipinski definition) is 1. The number of aryl methyl sites for hydroxylation is 1. The van der Waals surface area contributed by atoms with Crippen LogP contribution in [0.5, 0.6) is 0 Å². The average molecular weight is 560 g/mol. The highest BCUT2D eigenvalue weighted by atomic mass is 35.5. The van der Waals surface area contributed by atoms with E-state index >= 15 is 4.39 Å². The van der Waals surface area contributed by atoms with E-state index in [1.54, 1.807) is 11.5 Å². The highest BCUT2D eigenvalue weighted by Crippen LogP contribution is 2.42. The molecule has 1 atom stereocenters. The van der Waals surface area contributed by atoms with E-state index in [-0.39, 0.29) is 39.3 Å². The van der Waals surface area contributed by atoms with Gasteiger partial charge in [0.15, 0.2) is 11.6 Å². The fourth-order valence-electron chi connectivity index (χ4n) is 6.43. The molecule has 39 heavy (non-hydrogen) atoms. The van der Waals surface area contributed by atoms with Crippen LogP contribution in [0.2, 0.25) is 5.02 Å². The van der Waals surface area contributed by atoms with Crippen molar-refractivity contribution in [3.63, 3.8) is 0 Å². The van der Waals surface area contributed by atoms with Crippen molar-refractivity contribution in [2.24, 2.45) is 5.92 Å². The largest absolute Gasteiger partial charge is 0.519 e. The number of carboxylic acids is 1. The van der Waals surface area contributed by atoms with Crippen molar-refractivity contribution >= 4 is 34.2 Å². The van der Waals surface area contributed by atoms with Gasteiger partial charge in [0, 0.05) is 37.9 Å². The van der Waals surface area contributed by atoms with Gasteiger partial charge in [-0.25, -0.2) is 14.0 Å². The van der Waals surface area contributed by atoms with Crippen LogP contribution in [0.1, 0.15) is 72.9 Å². The maximum Gasteiger partial charge on any atom is 0.519 e. The second-order valence-electron chi connectivity index (χ2n) is 11.0. The molecule has 11 heteroatoms. The first-order chi connectivity index (χ1) is 18.7. The predicted octanol–water partition coefficient (Wildman–Crippen LogP) is 4.95. The van der Waals surface area contributed by atoms with Gasteiger partial charge < -0.3 is 23.4 Å². The van der Waals surface area contributed by atoms with Crippen molar-refractivity contribution in [1.82, 2.24) is 9.47 Å². The number of aromatic nitrogens is 1. The van der Waals surface area contributed by atoms with Crippen molar-refractivity contribution < 1.29 is 23.1 Å². The standard InChI is InChI=1S/C28H31ClFN3O6/c1-15-22(39-28(37)38-15)14-31-9-10-32(13-21(31)16-5-3-2-4-6-16)25-20(29)11-18-24(23(25)30)33(17-7-8-17)12-19(26(18)34)27(35)36/h11-12,16-17,21H,2-10,13-14H2,1H3,(H,35,36). The molecule has 0 amide bonds. The van der Waals surface area contributed by atoms with Crippen LogP contribution in [0, 0.1) is 18.7 Å². The Bertz CT molecular complexity index is 1550. The molecule has 2 aliphatic carbocycles. The molecule has 1 aliphatic heterocycles. The van der Waals surface area contributed by atoms with Crippen molar-refractivity contribution in [2.45, 2.75) is 70.5 Å². The zero-order valence-electron chi connectivity index (χ0n) is 21.8. The molecule has 3 aliphatic rings. The van der Waals surface area contributed by atoms with Crippen molar-refractivity contribution in [2.75, 3.05) is 24.5 Å². The highest BCUT2D eigenvalue weighted by molar-refractivity contribution is 6.34. The van der Waals surface area contributed by atoms with E-state index in [2.05, 4.69) is 4.90 Å². The topological polar surface area (TPSA) is 109 Å². The lowest BCUT2D eigenvalue weighted by molar-refractivity contribution is 0.0694. The molecule has 1 saturated heterocycles. The third-order valence-electron chi connectivity index (χ3n) is 8.58. The normalized spacial score (nSPS) is 21.1. The van der Waals surface area contributed by atoms with Gasteiger partial charge in [-0.15, -0.1) is 0 Å². The summed E-state index contributed by atoms with van der Waals surface area (Å²) < 4.78 is 28.4. The Morgan fingerprint density at radius 2 is 1.87 bits per heavy atom. The van der Waals surface area contributed by atoms with E-state index < -0.39 is 23.0 Å². The lowest BCUT2D eigenvalue weighted by atomic mass is 9.82. The molecule has 3 fully saturated rings. The number of benzene rings is 1. The van der Waals surface area contributed by atoms with Gasteiger partial charge in [0.1, 0.15) is 11.3 Å². The Labute approximate surface area is 228 Å². The lowest BCUT2D eigenvalue weighted by Crippen LogP contribution is -2.56. The Balaban J connectivity index is 1.40. The number of rotatable bonds is 6. The number of pyridine rings is 1. The molecular weight excluding hydrogens is 529 g/mol. The molecule has 0 bridgehead atoms. The molecule has 0 spiro atoms. The van der Waals surface area contributed by atoms with E-state index in [4.69, 9.17) is 20.4 Å². The SMILES string of the molecule is Cc1oc(=O)oc1CN1CCN(c2c(Cl)cc3c(=O)c(C(=O)O)cn(C4CC4)c3c2F)CC1C1CCCCC1. The van der Waals surface area contributed by atoms with Crippen LogP contribution < -0.4 is 16.2 Å². The molecule has 3 heterocycles. The summed E-state index contributed by atoms with van der Waals surface area (Å²) in [6.45, 7) is 3.74. The van der Waals surface area contributed by atoms with E-state index in [0.29, 0.717) is 43.6 Å². The number of hydrogen-bond acceptors (Lipinski definition) is 7. The minimum absolute atomic E-state index is 0.0130. The molecule has 208 valence electrons. The van der Waals surface area contributed by atoms with Crippen LogP contribution in [-0.4, -0.2) is 46.2 Å². The maximum absolute atomic E-state index is 16.4. The molecule has 2 saturated carbocycles. The van der Waals surface area contributed by atoms with Gasteiger partial charge in [0.05, 0.1) is 28.2 Å². The van der Waals surface area contributed by atoms with E-state index in [1.807, 2.05) is 4.90 Å². The van der Waals surface area contributed by atoms with Gasteiger partial charge in [0.2, 0.25) is 5.43 Å². The summed E-state index contributed by atoms with van der Waals surface area (Å²) in [7, 11) is 0. The molecule has 1 unspecified atom stereocenters. The third kappa shape index (κ3) is 4.78. The number of fused-ring (bicyclic) bond motifs is 1. The number of halogens is 2. The average Bonchev–Trinajstić information content (AvgIpc) is 3.70. The van der Waals surface area contributed by atoms with Crippen molar-refractivity contribution in [3.05, 3.63) is 61.0 Å². The molecule has 6 rings (SSSR count). The first-order valence-corrected chi connectivity index (χ1v) is 14.0. The Morgan fingerprint density at radius 1 is 1.13 bits per heavy atom. The fourth-order valence-corrected chi connectivity index (χ4v) is 6.74. The summed E-state index contributed by atoms with van der Waals surface area (Å²) in [6.07, 6.45) is 8.47. The number of aromatic carboxylic acids is 1. The number of piperazine rings is 1. The van der Waals surface area contributed by atoms with Crippen LogP contribution in [-0.2, 0) is 6.54 Å². The minimum Gasteiger partial charge on any atom is -0.477 e. The molecule has 2 aromatic heterocycles. The summed E-state index contributed by atoms with van der Waals surface area (Å²) in [5, 5.41) is 9.65.